The molecule has 0 fully saturated rings. The lowest BCUT2D eigenvalue weighted by Crippen LogP contribution is -1.91. The highest BCUT2D eigenvalue weighted by molar-refractivity contribution is 5.93. The van der Waals surface area contributed by atoms with Gasteiger partial charge < -0.3 is 0 Å². The number of benzene rings is 2. The van der Waals surface area contributed by atoms with Crippen LogP contribution in [0.1, 0.15) is 128 Å². The third kappa shape index (κ3) is 9.40. The number of hydrogen-bond acceptors (Lipinski definition) is 1. The fourth-order valence-corrected chi connectivity index (χ4v) is 5.16. The molecule has 0 saturated carbocycles. The van der Waals surface area contributed by atoms with Crippen molar-refractivity contribution in [2.45, 2.75) is 129 Å². The fourth-order valence-electron chi connectivity index (χ4n) is 5.16. The van der Waals surface area contributed by atoms with Gasteiger partial charge in [0.2, 0.25) is 0 Å². The number of fused-ring (bicyclic) bond motifs is 2. The fraction of sp³-hybridized carbons (Fsp3) is 0.606. The Morgan fingerprint density at radius 2 is 0.941 bits per heavy atom. The van der Waals surface area contributed by atoms with Gasteiger partial charge in [0.1, 0.15) is 0 Å². The summed E-state index contributed by atoms with van der Waals surface area (Å²) in [5.41, 5.74) is 5.19. The van der Waals surface area contributed by atoms with Crippen molar-refractivity contribution in [1.29, 1.82) is 0 Å². The van der Waals surface area contributed by atoms with E-state index in [0.717, 1.165) is 11.0 Å². The van der Waals surface area contributed by atoms with E-state index in [1.807, 2.05) is 0 Å². The van der Waals surface area contributed by atoms with Crippen LogP contribution >= 0.6 is 0 Å². The van der Waals surface area contributed by atoms with Crippen LogP contribution in [0.25, 0.3) is 21.8 Å². The molecule has 0 radical (unpaired) electrons. The van der Waals surface area contributed by atoms with Crippen molar-refractivity contribution in [3.63, 3.8) is 0 Å². The molecule has 2 aromatic carbocycles. The molecule has 0 atom stereocenters. The maximum absolute atomic E-state index is 5.01. The molecule has 0 unspecified atom stereocenters. The molecular formula is C33H49N. The Kier molecular flexibility index (Phi) is 12.5. The van der Waals surface area contributed by atoms with Crippen molar-refractivity contribution in [3.8, 4) is 0 Å². The molecule has 0 amide bonds. The summed E-state index contributed by atoms with van der Waals surface area (Å²) < 4.78 is 0. The summed E-state index contributed by atoms with van der Waals surface area (Å²) in [6.07, 6.45) is 24.5. The molecule has 1 aromatic heterocycles. The molecule has 1 heteroatoms. The van der Waals surface area contributed by atoms with E-state index < -0.39 is 0 Å². The molecule has 3 rings (SSSR count). The summed E-state index contributed by atoms with van der Waals surface area (Å²) in [6.45, 7) is 4.58. The van der Waals surface area contributed by atoms with E-state index in [1.54, 1.807) is 0 Å². The van der Waals surface area contributed by atoms with Crippen molar-refractivity contribution in [2.24, 2.45) is 0 Å². The van der Waals surface area contributed by atoms with E-state index in [4.69, 9.17) is 4.98 Å². The van der Waals surface area contributed by atoms with Crippen molar-refractivity contribution in [1.82, 2.24) is 4.98 Å². The van der Waals surface area contributed by atoms with Crippen LogP contribution in [-0.4, -0.2) is 4.98 Å². The highest BCUT2D eigenvalue weighted by Crippen LogP contribution is 2.23. The Hall–Kier alpha value is -1.89. The quantitative estimate of drug-likeness (QED) is 0.136. The van der Waals surface area contributed by atoms with Gasteiger partial charge >= 0.3 is 0 Å². The zero-order valence-corrected chi connectivity index (χ0v) is 22.2. The van der Waals surface area contributed by atoms with Gasteiger partial charge in [-0.3, -0.25) is 0 Å². The highest BCUT2D eigenvalue weighted by atomic mass is 14.7. The molecule has 1 nitrogen and oxygen atoms in total. The Labute approximate surface area is 209 Å². The van der Waals surface area contributed by atoms with Crippen molar-refractivity contribution in [3.05, 3.63) is 53.6 Å². The van der Waals surface area contributed by atoms with Gasteiger partial charge in [0.05, 0.1) is 11.0 Å². The minimum absolute atomic E-state index is 1.14. The predicted molar refractivity (Wildman–Crippen MR) is 152 cm³/mol. The summed E-state index contributed by atoms with van der Waals surface area (Å²) in [5.74, 6) is 0. The lowest BCUT2D eigenvalue weighted by atomic mass is 10.0. The first kappa shape index (κ1) is 26.7. The maximum atomic E-state index is 5.01. The van der Waals surface area contributed by atoms with Crippen LogP contribution in [0.2, 0.25) is 0 Å². The molecule has 0 saturated heterocycles. The first-order chi connectivity index (χ1) is 16.8. The van der Waals surface area contributed by atoms with Crippen LogP contribution in [0.3, 0.4) is 0 Å². The number of aromatic nitrogens is 1. The molecule has 3 aromatic rings. The van der Waals surface area contributed by atoms with Crippen LogP contribution in [0, 0.1) is 0 Å². The molecule has 34 heavy (non-hydrogen) atoms. The van der Waals surface area contributed by atoms with Crippen LogP contribution < -0.4 is 0 Å². The Morgan fingerprint density at radius 3 is 1.53 bits per heavy atom. The summed E-state index contributed by atoms with van der Waals surface area (Å²) in [7, 11) is 0. The molecule has 186 valence electrons. The van der Waals surface area contributed by atoms with E-state index in [0.29, 0.717) is 0 Å². The van der Waals surface area contributed by atoms with Gasteiger partial charge in [0.25, 0.3) is 0 Å². The smallest absolute Gasteiger partial charge is 0.0712 e. The first-order valence-corrected chi connectivity index (χ1v) is 14.6. The average molecular weight is 460 g/mol. The van der Waals surface area contributed by atoms with E-state index in [9.17, 15) is 0 Å². The Bertz CT molecular complexity index is 878. The maximum Gasteiger partial charge on any atom is 0.0712 e. The standard InChI is InChI=1S/C33H49N/c1-3-5-7-9-11-13-15-17-19-28-22-24-32-31(25-28)27-30-23-21-29(26-33(30)34-32)20-18-16-14-12-10-8-6-4-2/h21-27H,3-20H2,1-2H3. The largest absolute Gasteiger partial charge is 0.248 e. The number of aryl methyl sites for hydroxylation is 2. The molecule has 0 spiro atoms. The van der Waals surface area contributed by atoms with E-state index >= 15 is 0 Å². The second-order valence-electron chi connectivity index (χ2n) is 10.5. The molecule has 0 aliphatic rings. The minimum atomic E-state index is 1.14. The third-order valence-corrected chi connectivity index (χ3v) is 7.38. The van der Waals surface area contributed by atoms with E-state index in [-0.39, 0.29) is 0 Å². The predicted octanol–water partition coefficient (Wildman–Crippen LogP) is 10.8. The Morgan fingerprint density at radius 1 is 0.441 bits per heavy atom. The van der Waals surface area contributed by atoms with Crippen LogP contribution in [-0.2, 0) is 12.8 Å². The molecule has 0 bridgehead atoms. The van der Waals surface area contributed by atoms with Gasteiger partial charge in [-0.15, -0.1) is 0 Å². The second kappa shape index (κ2) is 15.9. The van der Waals surface area contributed by atoms with E-state index in [1.165, 1.54) is 137 Å². The van der Waals surface area contributed by atoms with Gasteiger partial charge in [0.15, 0.2) is 0 Å². The van der Waals surface area contributed by atoms with Crippen LogP contribution in [0.15, 0.2) is 42.5 Å². The summed E-state index contributed by atoms with van der Waals surface area (Å²) in [5, 5.41) is 2.57. The van der Waals surface area contributed by atoms with Gasteiger partial charge in [-0.2, -0.15) is 0 Å². The van der Waals surface area contributed by atoms with Crippen LogP contribution in [0.5, 0.6) is 0 Å². The Balaban J connectivity index is 1.45. The normalized spacial score (nSPS) is 11.6. The van der Waals surface area contributed by atoms with Gasteiger partial charge in [0, 0.05) is 10.8 Å². The highest BCUT2D eigenvalue weighted by Gasteiger charge is 2.04. The monoisotopic (exact) mass is 459 g/mol. The molecule has 0 aliphatic carbocycles. The molecular weight excluding hydrogens is 410 g/mol. The molecule has 0 N–H and O–H groups in total. The third-order valence-electron chi connectivity index (χ3n) is 7.38. The van der Waals surface area contributed by atoms with Gasteiger partial charge in [-0.05, 0) is 61.1 Å². The SMILES string of the molecule is CCCCCCCCCCc1ccc2nc3cc(CCCCCCCCCC)ccc3cc2c1. The summed E-state index contributed by atoms with van der Waals surface area (Å²) in [4.78, 5) is 5.01. The number of nitrogens with zero attached hydrogens (tertiary/aromatic N) is 1. The summed E-state index contributed by atoms with van der Waals surface area (Å²) >= 11 is 0. The zero-order valence-electron chi connectivity index (χ0n) is 22.2. The second-order valence-corrected chi connectivity index (χ2v) is 10.5. The van der Waals surface area contributed by atoms with Gasteiger partial charge in [-0.1, -0.05) is 122 Å². The topological polar surface area (TPSA) is 12.9 Å². The van der Waals surface area contributed by atoms with Gasteiger partial charge in [-0.25, -0.2) is 4.98 Å². The van der Waals surface area contributed by atoms with E-state index in [2.05, 4.69) is 56.3 Å². The van der Waals surface area contributed by atoms with Crippen molar-refractivity contribution >= 4 is 21.8 Å². The lowest BCUT2D eigenvalue weighted by Gasteiger charge is -2.08. The number of unbranched alkanes of at least 4 members (excludes halogenated alkanes) is 14. The number of hydrogen-bond donors (Lipinski definition) is 0. The minimum Gasteiger partial charge on any atom is -0.248 e. The summed E-state index contributed by atoms with van der Waals surface area (Å²) in [6, 6.07) is 16.2. The molecule has 1 heterocycles. The average Bonchev–Trinajstić information content (AvgIpc) is 2.86. The zero-order chi connectivity index (χ0) is 23.8. The number of pyridine rings is 1. The molecule has 0 aliphatic heterocycles. The number of rotatable bonds is 18. The lowest BCUT2D eigenvalue weighted by molar-refractivity contribution is 0.575. The first-order valence-electron chi connectivity index (χ1n) is 14.6. The van der Waals surface area contributed by atoms with Crippen LogP contribution in [0.4, 0.5) is 0 Å². The van der Waals surface area contributed by atoms with Crippen molar-refractivity contribution < 1.29 is 0 Å². The van der Waals surface area contributed by atoms with Crippen molar-refractivity contribution in [2.75, 3.05) is 0 Å².